The Bertz CT molecular complexity index is 1240. The Balaban J connectivity index is 1.24. The van der Waals surface area contributed by atoms with E-state index in [9.17, 15) is 9.59 Å². The SMILES string of the molecule is CCOC(=O)c1c(NC(=O)CSc2nnc(C3CC3c3ccccc3)n2C)sc2c1CCC(C)C2. The number of nitrogens with zero attached hydrogens (tertiary/aromatic N) is 3. The van der Waals surface area contributed by atoms with Crippen LogP contribution in [0.5, 0.6) is 0 Å². The second-order valence-electron chi connectivity index (χ2n) is 9.37. The lowest BCUT2D eigenvalue weighted by Crippen LogP contribution is -2.18. The molecular formula is C26H30N4O3S2. The number of fused-ring (bicyclic) bond motifs is 1. The monoisotopic (exact) mass is 510 g/mol. The van der Waals surface area contributed by atoms with Crippen molar-refractivity contribution in [3.05, 3.63) is 57.7 Å². The van der Waals surface area contributed by atoms with Crippen LogP contribution in [-0.4, -0.2) is 39.0 Å². The van der Waals surface area contributed by atoms with Crippen molar-refractivity contribution in [3.8, 4) is 0 Å². The number of thiophene rings is 1. The Morgan fingerprint density at radius 3 is 2.80 bits per heavy atom. The summed E-state index contributed by atoms with van der Waals surface area (Å²) in [6.07, 6.45) is 3.89. The van der Waals surface area contributed by atoms with Crippen molar-refractivity contribution in [3.63, 3.8) is 0 Å². The number of ether oxygens (including phenoxy) is 1. The molecule has 1 amide bonds. The number of benzene rings is 1. The van der Waals surface area contributed by atoms with Gasteiger partial charge in [-0.15, -0.1) is 21.5 Å². The van der Waals surface area contributed by atoms with Gasteiger partial charge in [-0.25, -0.2) is 4.79 Å². The number of anilines is 1. The van der Waals surface area contributed by atoms with Gasteiger partial charge in [0.2, 0.25) is 5.91 Å². The van der Waals surface area contributed by atoms with Crippen LogP contribution in [0.1, 0.15) is 70.7 Å². The highest BCUT2D eigenvalue weighted by Crippen LogP contribution is 2.54. The average Bonchev–Trinajstić information content (AvgIpc) is 3.43. The fourth-order valence-electron chi connectivity index (χ4n) is 4.87. The summed E-state index contributed by atoms with van der Waals surface area (Å²) in [5.41, 5.74) is 2.92. The molecule has 2 aliphatic carbocycles. The fourth-order valence-corrected chi connectivity index (χ4v) is 7.01. The molecule has 35 heavy (non-hydrogen) atoms. The number of thioether (sulfide) groups is 1. The summed E-state index contributed by atoms with van der Waals surface area (Å²) in [4.78, 5) is 26.7. The van der Waals surface area contributed by atoms with Gasteiger partial charge in [-0.05, 0) is 55.6 Å². The van der Waals surface area contributed by atoms with Crippen molar-refractivity contribution in [2.75, 3.05) is 17.7 Å². The topological polar surface area (TPSA) is 86.1 Å². The van der Waals surface area contributed by atoms with Gasteiger partial charge in [0.1, 0.15) is 10.8 Å². The van der Waals surface area contributed by atoms with Crippen molar-refractivity contribution in [2.45, 2.75) is 56.5 Å². The largest absolute Gasteiger partial charge is 0.462 e. The predicted octanol–water partition coefficient (Wildman–Crippen LogP) is 5.18. The van der Waals surface area contributed by atoms with Crippen LogP contribution in [0.2, 0.25) is 0 Å². The first kappa shape index (κ1) is 24.1. The zero-order valence-electron chi connectivity index (χ0n) is 20.2. The lowest BCUT2D eigenvalue weighted by atomic mass is 9.88. The molecule has 2 heterocycles. The molecule has 1 saturated carbocycles. The molecule has 0 radical (unpaired) electrons. The van der Waals surface area contributed by atoms with Crippen molar-refractivity contribution in [1.29, 1.82) is 0 Å². The van der Waals surface area contributed by atoms with Crippen molar-refractivity contribution in [2.24, 2.45) is 13.0 Å². The summed E-state index contributed by atoms with van der Waals surface area (Å²) < 4.78 is 7.31. The summed E-state index contributed by atoms with van der Waals surface area (Å²) in [6.45, 7) is 4.33. The Labute approximate surface area is 213 Å². The Morgan fingerprint density at radius 1 is 1.23 bits per heavy atom. The molecule has 2 aromatic heterocycles. The molecule has 184 valence electrons. The van der Waals surface area contributed by atoms with E-state index in [0.29, 0.717) is 34.9 Å². The van der Waals surface area contributed by atoms with Crippen molar-refractivity contribution in [1.82, 2.24) is 14.8 Å². The minimum atomic E-state index is -0.349. The fraction of sp³-hybridized carbons (Fsp3) is 0.462. The second kappa shape index (κ2) is 10.1. The molecule has 3 atom stereocenters. The molecule has 2 aliphatic rings. The van der Waals surface area contributed by atoms with E-state index in [-0.39, 0.29) is 17.6 Å². The van der Waals surface area contributed by atoms with Crippen LogP contribution in [0.15, 0.2) is 35.5 Å². The van der Waals surface area contributed by atoms with E-state index in [0.717, 1.165) is 42.2 Å². The molecule has 3 unspecified atom stereocenters. The van der Waals surface area contributed by atoms with E-state index < -0.39 is 0 Å². The smallest absolute Gasteiger partial charge is 0.341 e. The molecule has 0 saturated heterocycles. The average molecular weight is 511 g/mol. The molecule has 0 bridgehead atoms. The van der Waals surface area contributed by atoms with Gasteiger partial charge >= 0.3 is 5.97 Å². The van der Waals surface area contributed by atoms with Crippen molar-refractivity contribution < 1.29 is 14.3 Å². The third kappa shape index (κ3) is 5.02. The number of carbonyl (C=O) groups is 2. The van der Waals surface area contributed by atoms with Gasteiger partial charge in [0, 0.05) is 17.8 Å². The maximum Gasteiger partial charge on any atom is 0.341 e. The predicted molar refractivity (Wildman–Crippen MR) is 138 cm³/mol. The zero-order chi connectivity index (χ0) is 24.5. The number of rotatable bonds is 8. The zero-order valence-corrected chi connectivity index (χ0v) is 21.9. The Morgan fingerprint density at radius 2 is 2.03 bits per heavy atom. The lowest BCUT2D eigenvalue weighted by Gasteiger charge is -2.18. The first-order chi connectivity index (χ1) is 17.0. The molecule has 3 aromatic rings. The van der Waals surface area contributed by atoms with E-state index in [4.69, 9.17) is 4.74 Å². The number of esters is 1. The molecule has 0 spiro atoms. The standard InChI is InChI=1S/C26H30N4O3S2/c1-4-33-25(32)22-17-11-10-15(2)12-20(17)35-24(22)27-21(31)14-34-26-29-28-23(30(26)3)19-13-18(19)16-8-6-5-7-9-16/h5-9,15,18-19H,4,10-14H2,1-3H3,(H,27,31). The third-order valence-corrected chi connectivity index (χ3v) is 8.98. The van der Waals surface area contributed by atoms with Crippen LogP contribution < -0.4 is 5.32 Å². The summed E-state index contributed by atoms with van der Waals surface area (Å²) in [5.74, 6) is 2.07. The number of amides is 1. The van der Waals surface area contributed by atoms with Crippen LogP contribution in [0.25, 0.3) is 0 Å². The lowest BCUT2D eigenvalue weighted by molar-refractivity contribution is -0.113. The van der Waals surface area contributed by atoms with Gasteiger partial charge < -0.3 is 14.6 Å². The number of carbonyl (C=O) groups excluding carboxylic acids is 2. The first-order valence-electron chi connectivity index (χ1n) is 12.1. The molecular weight excluding hydrogens is 480 g/mol. The molecule has 1 N–H and O–H groups in total. The molecule has 0 aliphatic heterocycles. The number of nitrogens with one attached hydrogen (secondary N) is 1. The maximum atomic E-state index is 12.9. The van der Waals surface area contributed by atoms with E-state index in [1.54, 1.807) is 6.92 Å². The summed E-state index contributed by atoms with van der Waals surface area (Å²) in [5, 5.41) is 13.1. The number of hydrogen-bond donors (Lipinski definition) is 1. The van der Waals surface area contributed by atoms with E-state index in [1.165, 1.54) is 33.5 Å². The minimum absolute atomic E-state index is 0.162. The van der Waals surface area contributed by atoms with Crippen LogP contribution in [0.3, 0.4) is 0 Å². The first-order valence-corrected chi connectivity index (χ1v) is 13.9. The molecule has 1 aromatic carbocycles. The molecule has 5 rings (SSSR count). The normalized spacial score (nSPS) is 20.8. The van der Waals surface area contributed by atoms with Crippen LogP contribution in [-0.2, 0) is 29.4 Å². The maximum absolute atomic E-state index is 12.9. The summed E-state index contributed by atoms with van der Waals surface area (Å²) in [7, 11) is 1.96. The summed E-state index contributed by atoms with van der Waals surface area (Å²) >= 11 is 2.88. The van der Waals surface area contributed by atoms with E-state index in [2.05, 4.69) is 46.7 Å². The number of aromatic nitrogens is 3. The van der Waals surface area contributed by atoms with Gasteiger partial charge in [0.25, 0.3) is 0 Å². The van der Waals surface area contributed by atoms with Crippen LogP contribution >= 0.6 is 23.1 Å². The van der Waals surface area contributed by atoms with Crippen molar-refractivity contribution >= 4 is 40.0 Å². The molecule has 7 nitrogen and oxygen atoms in total. The highest BCUT2D eigenvalue weighted by Gasteiger charge is 2.43. The minimum Gasteiger partial charge on any atom is -0.462 e. The van der Waals surface area contributed by atoms with Gasteiger partial charge in [-0.2, -0.15) is 0 Å². The van der Waals surface area contributed by atoms with Gasteiger partial charge in [0.05, 0.1) is 17.9 Å². The van der Waals surface area contributed by atoms with Gasteiger partial charge in [-0.1, -0.05) is 49.0 Å². The van der Waals surface area contributed by atoms with Gasteiger partial charge in [0.15, 0.2) is 5.16 Å². The third-order valence-electron chi connectivity index (χ3n) is 6.79. The summed E-state index contributed by atoms with van der Waals surface area (Å²) in [6, 6.07) is 10.5. The quantitative estimate of drug-likeness (QED) is 0.332. The van der Waals surface area contributed by atoms with E-state index in [1.807, 2.05) is 17.7 Å². The van der Waals surface area contributed by atoms with Crippen LogP contribution in [0.4, 0.5) is 5.00 Å². The molecule has 1 fully saturated rings. The van der Waals surface area contributed by atoms with Gasteiger partial charge in [-0.3, -0.25) is 4.79 Å². The highest BCUT2D eigenvalue weighted by molar-refractivity contribution is 7.99. The highest BCUT2D eigenvalue weighted by atomic mass is 32.2. The molecule has 9 heteroatoms. The van der Waals surface area contributed by atoms with Crippen LogP contribution in [0, 0.1) is 5.92 Å². The van der Waals surface area contributed by atoms with E-state index >= 15 is 0 Å². The Hall–Kier alpha value is -2.65. The number of hydrogen-bond acceptors (Lipinski definition) is 7. The Kier molecular flexibility index (Phi) is 6.98. The second-order valence-corrected chi connectivity index (χ2v) is 11.4.